The van der Waals surface area contributed by atoms with E-state index in [9.17, 15) is 4.79 Å². The maximum Gasteiger partial charge on any atom is 0.328 e. The summed E-state index contributed by atoms with van der Waals surface area (Å²) >= 11 is 1.67. The van der Waals surface area contributed by atoms with Crippen molar-refractivity contribution in [3.8, 4) is 11.3 Å². The Morgan fingerprint density at radius 1 is 1.39 bits per heavy atom. The number of carbonyl (C=O) groups is 1. The van der Waals surface area contributed by atoms with E-state index in [1.807, 2.05) is 37.4 Å². The summed E-state index contributed by atoms with van der Waals surface area (Å²) in [5.74, 6) is 0.823. The van der Waals surface area contributed by atoms with Gasteiger partial charge < -0.3 is 10.1 Å². The van der Waals surface area contributed by atoms with Crippen LogP contribution in [0.15, 0.2) is 30.5 Å². The van der Waals surface area contributed by atoms with Crippen molar-refractivity contribution in [2.45, 2.75) is 19.4 Å². The van der Waals surface area contributed by atoms with Crippen LogP contribution < -0.4 is 5.32 Å². The fourth-order valence-electron chi connectivity index (χ4n) is 2.14. The molecule has 0 saturated heterocycles. The van der Waals surface area contributed by atoms with E-state index in [-0.39, 0.29) is 5.97 Å². The second-order valence-corrected chi connectivity index (χ2v) is 5.97. The summed E-state index contributed by atoms with van der Waals surface area (Å²) in [5.41, 5.74) is 2.81. The molecule has 0 aliphatic carbocycles. The number of esters is 1. The molecule has 2 rings (SSSR count). The number of benzene rings is 1. The van der Waals surface area contributed by atoms with Gasteiger partial charge in [0.25, 0.3) is 0 Å². The molecule has 0 amide bonds. The summed E-state index contributed by atoms with van der Waals surface area (Å²) in [4.78, 5) is 16.3. The van der Waals surface area contributed by atoms with Crippen LogP contribution in [-0.2, 0) is 9.53 Å². The second-order valence-electron chi connectivity index (χ2n) is 4.98. The van der Waals surface area contributed by atoms with Gasteiger partial charge in [-0.05, 0) is 30.9 Å². The average Bonchev–Trinajstić information content (AvgIpc) is 2.58. The monoisotopic (exact) mass is 332 g/mol. The zero-order valence-electron chi connectivity index (χ0n) is 13.4. The number of anilines is 1. The SMILES string of the molecule is COC(=O)C(CCSC)Nc1nncc(-c2ccccc2C)n1. The van der Waals surface area contributed by atoms with Gasteiger partial charge in [0.2, 0.25) is 5.95 Å². The van der Waals surface area contributed by atoms with E-state index in [0.29, 0.717) is 18.1 Å². The number of rotatable bonds is 7. The smallest absolute Gasteiger partial charge is 0.328 e. The van der Waals surface area contributed by atoms with Crippen molar-refractivity contribution in [3.05, 3.63) is 36.0 Å². The Morgan fingerprint density at radius 3 is 2.87 bits per heavy atom. The van der Waals surface area contributed by atoms with E-state index in [1.165, 1.54) is 7.11 Å². The van der Waals surface area contributed by atoms with E-state index in [4.69, 9.17) is 4.74 Å². The fraction of sp³-hybridized carbons (Fsp3) is 0.375. The number of carbonyl (C=O) groups excluding carboxylic acids is 1. The molecule has 1 unspecified atom stereocenters. The molecule has 0 fully saturated rings. The zero-order chi connectivity index (χ0) is 16.7. The van der Waals surface area contributed by atoms with E-state index in [2.05, 4.69) is 20.5 Å². The molecule has 1 heterocycles. The third kappa shape index (κ3) is 4.66. The van der Waals surface area contributed by atoms with Crippen molar-refractivity contribution in [1.82, 2.24) is 15.2 Å². The van der Waals surface area contributed by atoms with Crippen molar-refractivity contribution in [3.63, 3.8) is 0 Å². The first-order chi connectivity index (χ1) is 11.2. The Morgan fingerprint density at radius 2 is 2.17 bits per heavy atom. The molecule has 0 aliphatic heterocycles. The lowest BCUT2D eigenvalue weighted by Gasteiger charge is -2.16. The maximum atomic E-state index is 11.9. The molecule has 0 radical (unpaired) electrons. The molecule has 0 aliphatic rings. The minimum atomic E-state index is -0.485. The molecule has 23 heavy (non-hydrogen) atoms. The lowest BCUT2D eigenvalue weighted by atomic mass is 10.1. The number of ether oxygens (including phenoxy) is 1. The lowest BCUT2D eigenvalue weighted by Crippen LogP contribution is -2.32. The molecule has 0 bridgehead atoms. The van der Waals surface area contributed by atoms with Crippen LogP contribution in [-0.4, -0.2) is 46.3 Å². The molecule has 0 spiro atoms. The predicted molar refractivity (Wildman–Crippen MR) is 92.4 cm³/mol. The number of aromatic nitrogens is 3. The van der Waals surface area contributed by atoms with Crippen LogP contribution in [0.3, 0.4) is 0 Å². The van der Waals surface area contributed by atoms with Crippen LogP contribution in [0.5, 0.6) is 0 Å². The van der Waals surface area contributed by atoms with Gasteiger partial charge in [-0.15, -0.1) is 5.10 Å². The molecule has 1 aromatic heterocycles. The average molecular weight is 332 g/mol. The Bertz CT molecular complexity index is 666. The number of aryl methyl sites for hydroxylation is 1. The molecular formula is C16H20N4O2S. The number of nitrogens with one attached hydrogen (secondary N) is 1. The molecule has 6 nitrogen and oxygen atoms in total. The van der Waals surface area contributed by atoms with Gasteiger partial charge in [-0.25, -0.2) is 9.78 Å². The second kappa shape index (κ2) is 8.47. The van der Waals surface area contributed by atoms with Gasteiger partial charge >= 0.3 is 5.97 Å². The predicted octanol–water partition coefficient (Wildman–Crippen LogP) is 2.55. The molecule has 7 heteroatoms. The molecular weight excluding hydrogens is 312 g/mol. The van der Waals surface area contributed by atoms with Crippen molar-refractivity contribution in [2.75, 3.05) is 24.4 Å². The molecule has 1 aromatic carbocycles. The maximum absolute atomic E-state index is 11.9. The van der Waals surface area contributed by atoms with Crippen LogP contribution in [0, 0.1) is 6.92 Å². The van der Waals surface area contributed by atoms with Gasteiger partial charge in [-0.3, -0.25) is 0 Å². The summed E-state index contributed by atoms with van der Waals surface area (Å²) in [6.45, 7) is 2.01. The molecule has 122 valence electrons. The Kier molecular flexibility index (Phi) is 6.34. The van der Waals surface area contributed by atoms with Crippen molar-refractivity contribution in [1.29, 1.82) is 0 Å². The molecule has 2 aromatic rings. The summed E-state index contributed by atoms with van der Waals surface area (Å²) in [5, 5.41) is 11.0. The van der Waals surface area contributed by atoms with Gasteiger partial charge in [0.05, 0.1) is 19.0 Å². The van der Waals surface area contributed by atoms with Crippen LogP contribution in [0.4, 0.5) is 5.95 Å². The van der Waals surface area contributed by atoms with Crippen LogP contribution >= 0.6 is 11.8 Å². The number of methoxy groups -OCH3 is 1. The first-order valence-electron chi connectivity index (χ1n) is 7.24. The fourth-order valence-corrected chi connectivity index (χ4v) is 2.61. The summed E-state index contributed by atoms with van der Waals surface area (Å²) < 4.78 is 4.83. The van der Waals surface area contributed by atoms with Gasteiger partial charge in [-0.2, -0.15) is 16.9 Å². The quantitative estimate of drug-likeness (QED) is 0.781. The molecule has 1 atom stereocenters. The highest BCUT2D eigenvalue weighted by atomic mass is 32.2. The number of hydrogen-bond acceptors (Lipinski definition) is 7. The minimum Gasteiger partial charge on any atom is -0.467 e. The van der Waals surface area contributed by atoms with Gasteiger partial charge in [-0.1, -0.05) is 24.3 Å². The largest absolute Gasteiger partial charge is 0.467 e. The van der Waals surface area contributed by atoms with E-state index in [0.717, 1.165) is 16.9 Å². The standard InChI is InChI=1S/C16H20N4O2S/c1-11-6-4-5-7-12(11)14-10-17-20-16(19-14)18-13(8-9-23-3)15(21)22-2/h4-7,10,13H,8-9H2,1-3H3,(H,18,19,20). The molecule has 1 N–H and O–H groups in total. The van der Waals surface area contributed by atoms with Crippen LogP contribution in [0.1, 0.15) is 12.0 Å². The third-order valence-corrected chi connectivity index (χ3v) is 4.02. The van der Waals surface area contributed by atoms with Gasteiger partial charge in [0, 0.05) is 5.56 Å². The topological polar surface area (TPSA) is 77.0 Å². The normalized spacial score (nSPS) is 11.8. The summed E-state index contributed by atoms with van der Waals surface area (Å²) in [6, 6.07) is 7.44. The van der Waals surface area contributed by atoms with E-state index >= 15 is 0 Å². The van der Waals surface area contributed by atoms with Crippen molar-refractivity contribution < 1.29 is 9.53 Å². The number of hydrogen-bond donors (Lipinski definition) is 1. The highest BCUT2D eigenvalue weighted by Crippen LogP contribution is 2.21. The summed E-state index contributed by atoms with van der Waals surface area (Å²) in [7, 11) is 1.37. The minimum absolute atomic E-state index is 0.322. The number of thioether (sulfide) groups is 1. The zero-order valence-corrected chi connectivity index (χ0v) is 14.3. The van der Waals surface area contributed by atoms with Gasteiger partial charge in [0.1, 0.15) is 6.04 Å². The van der Waals surface area contributed by atoms with Crippen molar-refractivity contribution in [2.24, 2.45) is 0 Å². The Labute approximate surface area is 140 Å². The van der Waals surface area contributed by atoms with Crippen LogP contribution in [0.2, 0.25) is 0 Å². The van der Waals surface area contributed by atoms with Crippen molar-refractivity contribution >= 4 is 23.7 Å². The van der Waals surface area contributed by atoms with E-state index in [1.54, 1.807) is 18.0 Å². The first-order valence-corrected chi connectivity index (χ1v) is 8.64. The Balaban J connectivity index is 2.21. The van der Waals surface area contributed by atoms with Gasteiger partial charge in [0.15, 0.2) is 0 Å². The number of nitrogens with zero attached hydrogens (tertiary/aromatic N) is 3. The highest BCUT2D eigenvalue weighted by Gasteiger charge is 2.20. The Hall–Kier alpha value is -2.15. The summed E-state index contributed by atoms with van der Waals surface area (Å²) in [6.07, 6.45) is 4.24. The van der Waals surface area contributed by atoms with E-state index < -0.39 is 6.04 Å². The molecule has 0 saturated carbocycles. The highest BCUT2D eigenvalue weighted by molar-refractivity contribution is 7.98. The third-order valence-electron chi connectivity index (χ3n) is 3.38. The first kappa shape index (κ1) is 17.2. The lowest BCUT2D eigenvalue weighted by molar-refractivity contribution is -0.141. The van der Waals surface area contributed by atoms with Crippen LogP contribution in [0.25, 0.3) is 11.3 Å².